The zero-order chi connectivity index (χ0) is 18.8. The predicted molar refractivity (Wildman–Crippen MR) is 111 cm³/mol. The highest BCUT2D eigenvalue weighted by Gasteiger charge is 2.23. The number of fused-ring (bicyclic) bond motifs is 1. The molecule has 4 nitrogen and oxygen atoms in total. The molecule has 5 heteroatoms. The van der Waals surface area contributed by atoms with E-state index in [-0.39, 0.29) is 12.3 Å². The number of nitrogen functional groups attached to an aromatic ring is 1. The van der Waals surface area contributed by atoms with Crippen LogP contribution in [0.25, 0.3) is 11.0 Å². The number of ketones is 1. The van der Waals surface area contributed by atoms with E-state index >= 15 is 0 Å². The number of carbonyl (C=O) groups excluding carboxylic acids is 1. The zero-order valence-corrected chi connectivity index (χ0v) is 16.3. The molecule has 0 aliphatic heterocycles. The highest BCUT2D eigenvalue weighted by atomic mass is 79.9. The molecule has 4 aromatic rings. The molecule has 0 spiro atoms. The molecule has 0 bridgehead atoms. The summed E-state index contributed by atoms with van der Waals surface area (Å²) in [6.45, 7) is 0.864. The Morgan fingerprint density at radius 1 is 0.926 bits per heavy atom. The number of para-hydroxylation sites is 2. The third kappa shape index (κ3) is 3.51. The van der Waals surface area contributed by atoms with Crippen LogP contribution in [0, 0.1) is 0 Å². The van der Waals surface area contributed by atoms with Gasteiger partial charge in [-0.2, -0.15) is 0 Å². The molecule has 4 rings (SSSR count). The number of imidazole rings is 1. The number of carbonyl (C=O) groups is 1. The molecule has 0 aliphatic carbocycles. The lowest BCUT2D eigenvalue weighted by Gasteiger charge is -2.03. The average Bonchev–Trinajstić information content (AvgIpc) is 2.95. The summed E-state index contributed by atoms with van der Waals surface area (Å²) in [6.07, 6.45) is 0. The molecule has 134 valence electrons. The number of anilines is 1. The molecule has 1 aromatic heterocycles. The van der Waals surface area contributed by atoms with Crippen LogP contribution in [0.5, 0.6) is 0 Å². The van der Waals surface area contributed by atoms with E-state index in [1.807, 2.05) is 71.3 Å². The lowest BCUT2D eigenvalue weighted by Crippen LogP contribution is -2.37. The number of halogens is 1. The molecule has 0 saturated carbocycles. The first-order chi connectivity index (χ1) is 13.1. The van der Waals surface area contributed by atoms with Crippen LogP contribution >= 0.6 is 15.9 Å². The lowest BCUT2D eigenvalue weighted by molar-refractivity contribution is -0.648. The quantitative estimate of drug-likeness (QED) is 0.388. The Balaban J connectivity index is 1.73. The maximum atomic E-state index is 12.8. The van der Waals surface area contributed by atoms with Gasteiger partial charge in [-0.05, 0) is 29.8 Å². The summed E-state index contributed by atoms with van der Waals surface area (Å²) in [7, 11) is 0. The molecule has 2 N–H and O–H groups in total. The fourth-order valence-electron chi connectivity index (χ4n) is 3.28. The van der Waals surface area contributed by atoms with Gasteiger partial charge in [-0.25, -0.2) is 9.13 Å². The molecule has 0 radical (unpaired) electrons. The Kier molecular flexibility index (Phi) is 4.77. The Morgan fingerprint density at radius 2 is 1.59 bits per heavy atom. The zero-order valence-electron chi connectivity index (χ0n) is 14.7. The van der Waals surface area contributed by atoms with Crippen molar-refractivity contribution in [3.63, 3.8) is 0 Å². The Morgan fingerprint density at radius 3 is 2.33 bits per heavy atom. The van der Waals surface area contributed by atoms with Crippen molar-refractivity contribution in [3.8, 4) is 0 Å². The van der Waals surface area contributed by atoms with Crippen LogP contribution in [-0.2, 0) is 13.1 Å². The second-order valence-electron chi connectivity index (χ2n) is 6.43. The maximum absolute atomic E-state index is 12.8. The van der Waals surface area contributed by atoms with Crippen LogP contribution in [0.4, 0.5) is 5.95 Å². The maximum Gasteiger partial charge on any atom is 0.356 e. The fourth-order valence-corrected chi connectivity index (χ4v) is 3.55. The third-order valence-electron chi connectivity index (χ3n) is 4.67. The van der Waals surface area contributed by atoms with E-state index in [1.165, 1.54) is 0 Å². The Hall–Kier alpha value is -2.92. The average molecular weight is 421 g/mol. The van der Waals surface area contributed by atoms with E-state index in [4.69, 9.17) is 5.73 Å². The van der Waals surface area contributed by atoms with Gasteiger partial charge in [0.15, 0.2) is 5.78 Å². The summed E-state index contributed by atoms with van der Waals surface area (Å²) in [5, 5.41) is 0. The SMILES string of the molecule is Nc1n(CC(=O)c2ccc(Br)cc2)c2ccccc2[n+]1Cc1ccccc1. The van der Waals surface area contributed by atoms with Crippen molar-refractivity contribution in [3.05, 3.63) is 94.5 Å². The lowest BCUT2D eigenvalue weighted by atomic mass is 10.1. The molecular formula is C22H19BrN3O+. The second kappa shape index (κ2) is 7.37. The standard InChI is InChI=1S/C22H18BrN3O/c23-18-12-10-17(11-13-18)21(27)15-26-20-9-5-4-8-19(20)25(22(26)24)14-16-6-2-1-3-7-16/h1-13,24H,14-15H2/p+1. The summed E-state index contributed by atoms with van der Waals surface area (Å²) in [6, 6.07) is 25.6. The topological polar surface area (TPSA) is 51.9 Å². The van der Waals surface area contributed by atoms with E-state index in [9.17, 15) is 4.79 Å². The van der Waals surface area contributed by atoms with Gasteiger partial charge < -0.3 is 0 Å². The minimum absolute atomic E-state index is 0.0295. The van der Waals surface area contributed by atoms with Crippen molar-refractivity contribution in [2.24, 2.45) is 0 Å². The van der Waals surface area contributed by atoms with Crippen LogP contribution in [0.1, 0.15) is 15.9 Å². The van der Waals surface area contributed by atoms with Gasteiger partial charge in [-0.1, -0.05) is 70.5 Å². The first-order valence-electron chi connectivity index (χ1n) is 8.73. The van der Waals surface area contributed by atoms with E-state index in [2.05, 4.69) is 32.6 Å². The number of Topliss-reactive ketones (excluding diaryl/α,β-unsaturated/α-hetero) is 1. The summed E-state index contributed by atoms with van der Waals surface area (Å²) in [5.41, 5.74) is 10.3. The minimum Gasteiger partial charge on any atom is -0.291 e. The van der Waals surface area contributed by atoms with Gasteiger partial charge in [0.05, 0.1) is 6.54 Å². The van der Waals surface area contributed by atoms with Crippen LogP contribution in [0.2, 0.25) is 0 Å². The van der Waals surface area contributed by atoms with Crippen LogP contribution in [-0.4, -0.2) is 10.4 Å². The van der Waals surface area contributed by atoms with Crippen molar-refractivity contribution in [2.45, 2.75) is 13.1 Å². The summed E-state index contributed by atoms with van der Waals surface area (Å²) >= 11 is 3.40. The number of aromatic nitrogens is 2. The first kappa shape index (κ1) is 17.5. The highest BCUT2D eigenvalue weighted by Crippen LogP contribution is 2.19. The van der Waals surface area contributed by atoms with E-state index in [1.54, 1.807) is 0 Å². The fraction of sp³-hybridized carbons (Fsp3) is 0.0909. The van der Waals surface area contributed by atoms with Crippen molar-refractivity contribution in [2.75, 3.05) is 5.73 Å². The summed E-state index contributed by atoms with van der Waals surface area (Å²) < 4.78 is 4.90. The molecule has 0 saturated heterocycles. The molecule has 0 unspecified atom stereocenters. The molecular weight excluding hydrogens is 402 g/mol. The van der Waals surface area contributed by atoms with Crippen molar-refractivity contribution < 1.29 is 9.36 Å². The molecule has 0 amide bonds. The predicted octanol–water partition coefficient (Wildman–Crippen LogP) is 4.20. The van der Waals surface area contributed by atoms with Gasteiger partial charge in [0, 0.05) is 10.0 Å². The molecule has 3 aromatic carbocycles. The Bertz CT molecular complexity index is 1100. The van der Waals surface area contributed by atoms with E-state index in [0.29, 0.717) is 18.1 Å². The third-order valence-corrected chi connectivity index (χ3v) is 5.20. The first-order valence-corrected chi connectivity index (χ1v) is 9.52. The number of hydrogen-bond acceptors (Lipinski definition) is 2. The van der Waals surface area contributed by atoms with Crippen molar-refractivity contribution in [1.82, 2.24) is 4.57 Å². The number of benzene rings is 3. The summed E-state index contributed by atoms with van der Waals surface area (Å²) in [4.78, 5) is 12.8. The normalized spacial score (nSPS) is 11.0. The van der Waals surface area contributed by atoms with Gasteiger partial charge in [0.25, 0.3) is 0 Å². The highest BCUT2D eigenvalue weighted by molar-refractivity contribution is 9.10. The van der Waals surface area contributed by atoms with Crippen LogP contribution in [0.3, 0.4) is 0 Å². The number of nitrogens with two attached hydrogens (primary N) is 1. The molecule has 27 heavy (non-hydrogen) atoms. The monoisotopic (exact) mass is 420 g/mol. The van der Waals surface area contributed by atoms with Crippen molar-refractivity contribution >= 4 is 38.7 Å². The van der Waals surface area contributed by atoms with Crippen LogP contribution in [0.15, 0.2) is 83.3 Å². The van der Waals surface area contributed by atoms with Gasteiger partial charge in [0.2, 0.25) is 0 Å². The molecule has 0 aliphatic rings. The number of hydrogen-bond donors (Lipinski definition) is 1. The minimum atomic E-state index is 0.0295. The van der Waals surface area contributed by atoms with Gasteiger partial charge in [-0.3, -0.25) is 10.5 Å². The molecule has 0 atom stereocenters. The van der Waals surface area contributed by atoms with E-state index in [0.717, 1.165) is 21.1 Å². The van der Waals surface area contributed by atoms with Gasteiger partial charge >= 0.3 is 5.95 Å². The Labute approximate surface area is 166 Å². The molecule has 1 heterocycles. The van der Waals surface area contributed by atoms with E-state index < -0.39 is 0 Å². The number of nitrogens with zero attached hydrogens (tertiary/aromatic N) is 2. The second-order valence-corrected chi connectivity index (χ2v) is 7.35. The number of rotatable bonds is 5. The largest absolute Gasteiger partial charge is 0.356 e. The van der Waals surface area contributed by atoms with Gasteiger partial charge in [0.1, 0.15) is 17.6 Å². The van der Waals surface area contributed by atoms with Gasteiger partial charge in [-0.15, -0.1) is 0 Å². The van der Waals surface area contributed by atoms with Crippen LogP contribution < -0.4 is 10.3 Å². The smallest absolute Gasteiger partial charge is 0.291 e. The summed E-state index contributed by atoms with van der Waals surface area (Å²) in [5.74, 6) is 0.604. The molecule has 0 fully saturated rings. The van der Waals surface area contributed by atoms with Crippen molar-refractivity contribution in [1.29, 1.82) is 0 Å².